The molecule has 2 bridgehead atoms. The lowest BCUT2D eigenvalue weighted by Crippen LogP contribution is -2.41. The Morgan fingerprint density at radius 2 is 1.78 bits per heavy atom. The van der Waals surface area contributed by atoms with E-state index in [9.17, 15) is 9.59 Å². The first-order chi connectivity index (χ1) is 17.4. The molecule has 3 aromatic rings. The van der Waals surface area contributed by atoms with E-state index in [1.807, 2.05) is 55.5 Å². The maximum atomic E-state index is 13.9. The number of fused-ring (bicyclic) bond motifs is 6. The third kappa shape index (κ3) is 3.05. The number of hydrogen-bond donors (Lipinski definition) is 0. The summed E-state index contributed by atoms with van der Waals surface area (Å²) in [5, 5.41) is 10.5. The predicted octanol–water partition coefficient (Wildman–Crippen LogP) is 5.79. The first-order valence-electron chi connectivity index (χ1n) is 12.0. The number of amides is 2. The molecule has 176 valence electrons. The number of rotatable bonds is 4. The van der Waals surface area contributed by atoms with Gasteiger partial charge in [0.15, 0.2) is 5.69 Å². The number of carbonyl (C=O) groups excluding carboxylic acids is 2. The van der Waals surface area contributed by atoms with E-state index < -0.39 is 23.0 Å². The molecule has 2 amide bonds. The van der Waals surface area contributed by atoms with Crippen LogP contribution < -0.4 is 4.90 Å². The van der Waals surface area contributed by atoms with Crippen LogP contribution in [0.1, 0.15) is 37.3 Å². The van der Waals surface area contributed by atoms with Gasteiger partial charge in [0, 0.05) is 0 Å². The Kier molecular flexibility index (Phi) is 4.86. The summed E-state index contributed by atoms with van der Waals surface area (Å²) >= 11 is 0. The van der Waals surface area contributed by atoms with Gasteiger partial charge in [-0.25, -0.2) is 9.74 Å². The summed E-state index contributed by atoms with van der Waals surface area (Å²) in [6.45, 7) is 9.44. The molecule has 0 radical (unpaired) electrons. The Hall–Kier alpha value is -4.26. The topological polar surface area (TPSA) is 74.8 Å². The van der Waals surface area contributed by atoms with Crippen molar-refractivity contribution in [3.8, 4) is 6.07 Å². The molecule has 3 aromatic carbocycles. The van der Waals surface area contributed by atoms with Crippen molar-refractivity contribution in [2.24, 2.45) is 11.8 Å². The lowest BCUT2D eigenvalue weighted by Gasteiger charge is -2.30. The van der Waals surface area contributed by atoms with Gasteiger partial charge in [0.05, 0.1) is 46.9 Å². The third-order valence-corrected chi connectivity index (χ3v) is 8.06. The summed E-state index contributed by atoms with van der Waals surface area (Å²) < 4.78 is 6.54. The maximum Gasteiger partial charge on any atom is 0.240 e. The van der Waals surface area contributed by atoms with Crippen LogP contribution in [0.5, 0.6) is 0 Å². The summed E-state index contributed by atoms with van der Waals surface area (Å²) in [6, 6.07) is 20.2. The third-order valence-electron chi connectivity index (χ3n) is 8.06. The highest BCUT2D eigenvalue weighted by Crippen LogP contribution is 2.62. The van der Waals surface area contributed by atoms with Crippen LogP contribution in [0.4, 0.5) is 11.4 Å². The fraction of sp³-hybridized carbons (Fsp3) is 0.267. The Bertz CT molecular complexity index is 1540. The zero-order valence-electron chi connectivity index (χ0n) is 19.8. The number of benzene rings is 3. The molecule has 6 heteroatoms. The van der Waals surface area contributed by atoms with Crippen molar-refractivity contribution in [3.05, 3.63) is 89.3 Å². The van der Waals surface area contributed by atoms with Crippen LogP contribution in [0, 0.1) is 29.7 Å². The number of hydrogen-bond acceptors (Lipinski definition) is 4. The molecule has 0 N–H and O–H groups in total. The van der Waals surface area contributed by atoms with Crippen LogP contribution in [0.15, 0.2) is 66.7 Å². The smallest absolute Gasteiger partial charge is 0.240 e. The van der Waals surface area contributed by atoms with Gasteiger partial charge in [0.2, 0.25) is 11.8 Å². The Morgan fingerprint density at radius 1 is 1.06 bits per heavy atom. The minimum Gasteiger partial charge on any atom is -0.367 e. The maximum absolute atomic E-state index is 13.9. The number of anilines is 1. The van der Waals surface area contributed by atoms with Gasteiger partial charge in [-0.05, 0) is 60.7 Å². The Labute approximate surface area is 209 Å². The van der Waals surface area contributed by atoms with Crippen molar-refractivity contribution in [2.45, 2.75) is 37.4 Å². The molecule has 3 aliphatic rings. The van der Waals surface area contributed by atoms with Crippen molar-refractivity contribution in [2.75, 3.05) is 4.90 Å². The molecular weight excluding hydrogens is 450 g/mol. The van der Waals surface area contributed by atoms with Gasteiger partial charge in [-0.2, -0.15) is 5.26 Å². The van der Waals surface area contributed by atoms with E-state index in [0.29, 0.717) is 29.8 Å². The van der Waals surface area contributed by atoms with E-state index in [2.05, 4.69) is 10.9 Å². The zero-order valence-corrected chi connectivity index (χ0v) is 19.8. The lowest BCUT2D eigenvalue weighted by molar-refractivity contribution is -0.130. The van der Waals surface area contributed by atoms with Gasteiger partial charge in [-0.15, -0.1) is 0 Å². The highest BCUT2D eigenvalue weighted by Gasteiger charge is 2.73. The summed E-state index contributed by atoms with van der Waals surface area (Å²) in [5.74, 6) is -1.51. The Balaban J connectivity index is 1.36. The predicted molar refractivity (Wildman–Crippen MR) is 136 cm³/mol. The van der Waals surface area contributed by atoms with Crippen molar-refractivity contribution in [1.29, 1.82) is 5.26 Å². The molecule has 36 heavy (non-hydrogen) atoms. The van der Waals surface area contributed by atoms with E-state index in [4.69, 9.17) is 16.6 Å². The second-order valence-electron chi connectivity index (χ2n) is 10.0. The number of ether oxygens (including phenoxy) is 1. The molecule has 3 fully saturated rings. The fourth-order valence-electron chi connectivity index (χ4n) is 6.41. The van der Waals surface area contributed by atoms with Crippen LogP contribution in [0.3, 0.4) is 0 Å². The molecule has 2 unspecified atom stereocenters. The average Bonchev–Trinajstić information content (AvgIpc) is 3.48. The second-order valence-corrected chi connectivity index (χ2v) is 10.0. The first kappa shape index (κ1) is 22.2. The highest BCUT2D eigenvalue weighted by atomic mass is 16.5. The van der Waals surface area contributed by atoms with E-state index in [-0.39, 0.29) is 11.8 Å². The van der Waals surface area contributed by atoms with E-state index in [1.54, 1.807) is 24.3 Å². The van der Waals surface area contributed by atoms with Crippen LogP contribution in [0.2, 0.25) is 0 Å². The molecule has 6 nitrogen and oxygen atoms in total. The van der Waals surface area contributed by atoms with Gasteiger partial charge in [0.1, 0.15) is 0 Å². The molecule has 0 spiro atoms. The van der Waals surface area contributed by atoms with Gasteiger partial charge >= 0.3 is 0 Å². The van der Waals surface area contributed by atoms with Crippen LogP contribution >= 0.6 is 0 Å². The zero-order chi connectivity index (χ0) is 25.1. The SMILES string of the molecule is [C-]#[N+]c1ccc(N2C(=O)[C@@H]3[C@H](C2=O)C2(C)CCC3(C/C=C/c3ccc(C#N)cc3)O2)c2ccccc12. The standard InChI is InChI=1S/C30H23N3O3/c1-29-16-17-30(36-29,15-5-6-19-9-11-20(18-31)12-10-19)26-25(29)27(34)33(28(26)35)24-14-13-23(32-2)21-7-3-4-8-22(21)24/h3-14,25-26H,15-17H2,1H3/b6-5+/t25-,26+,29?,30?/m1/s1. The summed E-state index contributed by atoms with van der Waals surface area (Å²) in [6.07, 6.45) is 5.94. The summed E-state index contributed by atoms with van der Waals surface area (Å²) in [5.41, 5.74) is 1.19. The highest BCUT2D eigenvalue weighted by molar-refractivity contribution is 6.26. The molecular formula is C30H23N3O3. The monoisotopic (exact) mass is 473 g/mol. The van der Waals surface area contributed by atoms with Gasteiger partial charge in [0.25, 0.3) is 0 Å². The molecule has 3 saturated heterocycles. The second kappa shape index (κ2) is 7.88. The van der Waals surface area contributed by atoms with Crippen LogP contribution in [0.25, 0.3) is 21.7 Å². The average molecular weight is 474 g/mol. The Morgan fingerprint density at radius 3 is 2.50 bits per heavy atom. The minimum atomic E-state index is -0.726. The molecule has 4 atom stereocenters. The summed E-state index contributed by atoms with van der Waals surface area (Å²) in [7, 11) is 0. The fourth-order valence-corrected chi connectivity index (χ4v) is 6.41. The quantitative estimate of drug-likeness (QED) is 0.355. The van der Waals surface area contributed by atoms with Crippen molar-refractivity contribution in [1.82, 2.24) is 0 Å². The first-order valence-corrected chi connectivity index (χ1v) is 12.0. The van der Waals surface area contributed by atoms with E-state index >= 15 is 0 Å². The number of imide groups is 1. The molecule has 0 aliphatic carbocycles. The molecule has 3 heterocycles. The van der Waals surface area contributed by atoms with Crippen molar-refractivity contribution < 1.29 is 14.3 Å². The number of nitriles is 1. The number of nitrogens with zero attached hydrogens (tertiary/aromatic N) is 3. The van der Waals surface area contributed by atoms with Crippen LogP contribution in [-0.4, -0.2) is 23.0 Å². The van der Waals surface area contributed by atoms with E-state index in [0.717, 1.165) is 22.8 Å². The lowest BCUT2D eigenvalue weighted by atomic mass is 9.67. The molecule has 6 rings (SSSR count). The largest absolute Gasteiger partial charge is 0.367 e. The van der Waals surface area contributed by atoms with Crippen LogP contribution in [-0.2, 0) is 14.3 Å². The van der Waals surface area contributed by atoms with Gasteiger partial charge in [-0.3, -0.25) is 9.59 Å². The summed E-state index contributed by atoms with van der Waals surface area (Å²) in [4.78, 5) is 32.7. The van der Waals surface area contributed by atoms with E-state index in [1.165, 1.54) is 4.90 Å². The van der Waals surface area contributed by atoms with Gasteiger partial charge in [-0.1, -0.05) is 54.6 Å². The molecule has 0 saturated carbocycles. The molecule has 3 aliphatic heterocycles. The normalized spacial score (nSPS) is 28.6. The van der Waals surface area contributed by atoms with Crippen molar-refractivity contribution >= 4 is 40.0 Å². The van der Waals surface area contributed by atoms with Crippen molar-refractivity contribution in [3.63, 3.8) is 0 Å². The van der Waals surface area contributed by atoms with Gasteiger partial charge < -0.3 is 4.74 Å². The number of carbonyl (C=O) groups is 2. The molecule has 0 aromatic heterocycles. The minimum absolute atomic E-state index is 0.217.